The number of hydrogen-bond donors (Lipinski definition) is 1. The minimum Gasteiger partial charge on any atom is -0.496 e. The van der Waals surface area contributed by atoms with Gasteiger partial charge in [-0.25, -0.2) is 8.42 Å². The number of hydrogen-bond acceptors (Lipinski definition) is 6. The lowest BCUT2D eigenvalue weighted by Crippen LogP contribution is -2.37. The number of fused-ring (bicyclic) bond motifs is 1. The van der Waals surface area contributed by atoms with Gasteiger partial charge in [-0.3, -0.25) is 4.90 Å². The highest BCUT2D eigenvalue weighted by Crippen LogP contribution is 2.39. The average molecular weight is 377 g/mol. The van der Waals surface area contributed by atoms with Crippen LogP contribution in [-0.2, 0) is 16.4 Å². The van der Waals surface area contributed by atoms with Gasteiger partial charge in [0.2, 0.25) is 0 Å². The van der Waals surface area contributed by atoms with E-state index >= 15 is 0 Å². The summed E-state index contributed by atoms with van der Waals surface area (Å²) in [4.78, 5) is 2.24. The molecule has 0 unspecified atom stereocenters. The standard InChI is InChI=1S/C19H23NO5S/c1-24-17-8-9-18(25-2)19-15(17)12-20(13-16(19)21)10-11-26(22,23)14-6-4-3-5-7-14/h3-9,16,21H,10-13H2,1-2H3/t16-/m0/s1. The predicted octanol–water partition coefficient (Wildman–Crippen LogP) is 2.03. The van der Waals surface area contributed by atoms with Gasteiger partial charge in [-0.2, -0.15) is 0 Å². The smallest absolute Gasteiger partial charge is 0.179 e. The summed E-state index contributed by atoms with van der Waals surface area (Å²) in [5, 5.41) is 10.6. The van der Waals surface area contributed by atoms with Crippen LogP contribution in [0.25, 0.3) is 0 Å². The molecule has 2 aromatic carbocycles. The molecule has 0 amide bonds. The van der Waals surface area contributed by atoms with Crippen molar-refractivity contribution in [3.63, 3.8) is 0 Å². The van der Waals surface area contributed by atoms with Gasteiger partial charge < -0.3 is 14.6 Å². The van der Waals surface area contributed by atoms with Gasteiger partial charge in [0.15, 0.2) is 9.84 Å². The number of methoxy groups -OCH3 is 2. The molecule has 0 radical (unpaired) electrons. The van der Waals surface area contributed by atoms with Crippen molar-refractivity contribution in [1.29, 1.82) is 0 Å². The molecule has 1 atom stereocenters. The molecule has 1 N–H and O–H groups in total. The molecule has 0 bridgehead atoms. The van der Waals surface area contributed by atoms with E-state index in [1.54, 1.807) is 56.7 Å². The minimum absolute atomic E-state index is 0.00858. The summed E-state index contributed by atoms with van der Waals surface area (Å²) in [5.74, 6) is 1.27. The van der Waals surface area contributed by atoms with E-state index < -0.39 is 15.9 Å². The van der Waals surface area contributed by atoms with Crippen LogP contribution in [0.2, 0.25) is 0 Å². The van der Waals surface area contributed by atoms with E-state index in [4.69, 9.17) is 9.47 Å². The van der Waals surface area contributed by atoms with Crippen LogP contribution in [0.5, 0.6) is 11.5 Å². The van der Waals surface area contributed by atoms with Crippen LogP contribution in [0.15, 0.2) is 47.4 Å². The second-order valence-electron chi connectivity index (χ2n) is 6.25. The van der Waals surface area contributed by atoms with E-state index in [1.807, 2.05) is 4.90 Å². The van der Waals surface area contributed by atoms with E-state index in [9.17, 15) is 13.5 Å². The van der Waals surface area contributed by atoms with Crippen molar-refractivity contribution in [3.05, 3.63) is 53.6 Å². The molecule has 0 saturated heterocycles. The van der Waals surface area contributed by atoms with Crippen LogP contribution in [0.1, 0.15) is 17.2 Å². The van der Waals surface area contributed by atoms with Crippen LogP contribution in [0.3, 0.4) is 0 Å². The van der Waals surface area contributed by atoms with E-state index in [0.717, 1.165) is 5.56 Å². The fraction of sp³-hybridized carbons (Fsp3) is 0.368. The van der Waals surface area contributed by atoms with Crippen molar-refractivity contribution in [1.82, 2.24) is 4.90 Å². The fourth-order valence-electron chi connectivity index (χ4n) is 3.31. The highest BCUT2D eigenvalue weighted by Gasteiger charge is 2.30. The lowest BCUT2D eigenvalue weighted by Gasteiger charge is -2.33. The Morgan fingerprint density at radius 1 is 1.08 bits per heavy atom. The Bertz CT molecular complexity index is 867. The number of aliphatic hydroxyl groups is 1. The second-order valence-corrected chi connectivity index (χ2v) is 8.35. The third-order valence-corrected chi connectivity index (χ3v) is 6.35. The highest BCUT2D eigenvalue weighted by atomic mass is 32.2. The van der Waals surface area contributed by atoms with Crippen molar-refractivity contribution in [2.24, 2.45) is 0 Å². The van der Waals surface area contributed by atoms with Gasteiger partial charge in [0.05, 0.1) is 31.0 Å². The van der Waals surface area contributed by atoms with E-state index in [2.05, 4.69) is 0 Å². The lowest BCUT2D eigenvalue weighted by atomic mass is 9.95. The summed E-state index contributed by atoms with van der Waals surface area (Å²) in [6.45, 7) is 1.17. The largest absolute Gasteiger partial charge is 0.496 e. The summed E-state index contributed by atoms with van der Waals surface area (Å²) in [6, 6.07) is 12.0. The van der Waals surface area contributed by atoms with Gasteiger partial charge >= 0.3 is 0 Å². The zero-order valence-corrected chi connectivity index (χ0v) is 15.7. The van der Waals surface area contributed by atoms with Gasteiger partial charge in [-0.15, -0.1) is 0 Å². The van der Waals surface area contributed by atoms with Crippen LogP contribution < -0.4 is 9.47 Å². The zero-order valence-electron chi connectivity index (χ0n) is 14.9. The maximum Gasteiger partial charge on any atom is 0.179 e. The maximum absolute atomic E-state index is 12.5. The normalized spacial score (nSPS) is 17.6. The molecule has 1 aliphatic rings. The van der Waals surface area contributed by atoms with E-state index in [0.29, 0.717) is 41.6 Å². The Balaban J connectivity index is 1.79. The van der Waals surface area contributed by atoms with Crippen LogP contribution >= 0.6 is 0 Å². The molecule has 3 rings (SSSR count). The monoisotopic (exact) mass is 377 g/mol. The van der Waals surface area contributed by atoms with Crippen LogP contribution in [0, 0.1) is 0 Å². The molecule has 0 aromatic heterocycles. The Labute approximate surface area is 153 Å². The van der Waals surface area contributed by atoms with Gasteiger partial charge in [0, 0.05) is 30.8 Å². The van der Waals surface area contributed by atoms with Gasteiger partial charge in [0.1, 0.15) is 11.5 Å². The first-order valence-corrected chi connectivity index (χ1v) is 10.0. The Morgan fingerprint density at radius 3 is 2.38 bits per heavy atom. The lowest BCUT2D eigenvalue weighted by molar-refractivity contribution is 0.0920. The molecule has 0 fully saturated rings. The van der Waals surface area contributed by atoms with Crippen molar-refractivity contribution in [2.75, 3.05) is 33.1 Å². The summed E-state index contributed by atoms with van der Waals surface area (Å²) in [5.41, 5.74) is 1.55. The molecule has 0 saturated carbocycles. The number of β-amino-alcohol motifs (C(OH)–C–C–N with tert-alkyl or cyclic N) is 1. The van der Waals surface area contributed by atoms with Crippen molar-refractivity contribution >= 4 is 9.84 Å². The van der Waals surface area contributed by atoms with Crippen LogP contribution in [0.4, 0.5) is 0 Å². The molecule has 1 aliphatic heterocycles. The number of nitrogens with zero attached hydrogens (tertiary/aromatic N) is 1. The SMILES string of the molecule is COc1ccc(OC)c2c1CN(CCS(=O)(=O)c1ccccc1)C[C@@H]2O. The third kappa shape index (κ3) is 3.70. The number of benzene rings is 2. The molecule has 140 valence electrons. The second kappa shape index (κ2) is 7.65. The maximum atomic E-state index is 12.5. The summed E-state index contributed by atoms with van der Waals surface area (Å²) < 4.78 is 35.8. The topological polar surface area (TPSA) is 76.1 Å². The van der Waals surface area contributed by atoms with Crippen molar-refractivity contribution in [2.45, 2.75) is 17.5 Å². The Morgan fingerprint density at radius 2 is 1.73 bits per heavy atom. The first-order chi connectivity index (χ1) is 12.5. The fourth-order valence-corrected chi connectivity index (χ4v) is 4.62. The number of ether oxygens (including phenoxy) is 2. The molecule has 0 spiro atoms. The Kier molecular flexibility index (Phi) is 5.50. The zero-order chi connectivity index (χ0) is 18.7. The van der Waals surface area contributed by atoms with Crippen LogP contribution in [-0.4, -0.2) is 51.5 Å². The third-order valence-electron chi connectivity index (χ3n) is 4.64. The molecule has 7 heteroatoms. The quantitative estimate of drug-likeness (QED) is 0.830. The number of aliphatic hydroxyl groups excluding tert-OH is 1. The number of rotatable bonds is 6. The summed E-state index contributed by atoms with van der Waals surface area (Å²) in [7, 11) is -0.222. The van der Waals surface area contributed by atoms with E-state index in [1.165, 1.54) is 0 Å². The first-order valence-electron chi connectivity index (χ1n) is 8.38. The molecular weight excluding hydrogens is 354 g/mol. The van der Waals surface area contributed by atoms with E-state index in [-0.39, 0.29) is 5.75 Å². The van der Waals surface area contributed by atoms with Crippen molar-refractivity contribution < 1.29 is 23.0 Å². The van der Waals surface area contributed by atoms with Gasteiger partial charge in [-0.05, 0) is 24.3 Å². The highest BCUT2D eigenvalue weighted by molar-refractivity contribution is 7.91. The molecule has 2 aromatic rings. The molecule has 1 heterocycles. The Hall–Kier alpha value is -2.09. The summed E-state index contributed by atoms with van der Waals surface area (Å²) in [6.07, 6.45) is -0.761. The molecule has 0 aliphatic carbocycles. The minimum atomic E-state index is -3.36. The van der Waals surface area contributed by atoms with Gasteiger partial charge in [-0.1, -0.05) is 18.2 Å². The molecule has 26 heavy (non-hydrogen) atoms. The predicted molar refractivity (Wildman–Crippen MR) is 98.3 cm³/mol. The van der Waals surface area contributed by atoms with Crippen molar-refractivity contribution in [3.8, 4) is 11.5 Å². The number of sulfone groups is 1. The summed E-state index contributed by atoms with van der Waals surface area (Å²) >= 11 is 0. The molecular formula is C19H23NO5S. The first kappa shape index (κ1) is 18.7. The van der Waals surface area contributed by atoms with Gasteiger partial charge in [0.25, 0.3) is 0 Å². The average Bonchev–Trinajstić information content (AvgIpc) is 2.66. The molecule has 6 nitrogen and oxygen atoms in total.